The molecule has 2 aromatic rings. The molecule has 0 saturated heterocycles. The van der Waals surface area contributed by atoms with Gasteiger partial charge in [-0.05, 0) is 29.1 Å². The summed E-state index contributed by atoms with van der Waals surface area (Å²) in [6.07, 6.45) is 1.72. The number of allylic oxidation sites excluding steroid dienone is 2. The summed E-state index contributed by atoms with van der Waals surface area (Å²) in [6.45, 7) is 8.00. The first-order chi connectivity index (χ1) is 10.3. The Morgan fingerprint density at radius 3 is 2.05 bits per heavy atom. The lowest BCUT2D eigenvalue weighted by molar-refractivity contribution is 0.411. The largest absolute Gasteiger partial charge is 0.459 e. The first-order valence-corrected chi connectivity index (χ1v) is 6.89. The smallest absolute Gasteiger partial charge is 0.260 e. The lowest BCUT2D eigenvalue weighted by atomic mass is 9.34. The molecule has 0 fully saturated rings. The van der Waals surface area contributed by atoms with Crippen LogP contribution in [0.5, 0.6) is 11.5 Å². The maximum Gasteiger partial charge on any atom is 0.260 e. The van der Waals surface area contributed by atoms with Gasteiger partial charge in [0.05, 0.1) is 0 Å². The van der Waals surface area contributed by atoms with Gasteiger partial charge in [-0.2, -0.15) is 0 Å². The molecule has 0 bridgehead atoms. The molecule has 2 aromatic carbocycles. The van der Waals surface area contributed by atoms with Crippen LogP contribution >= 0.6 is 0 Å². The third kappa shape index (κ3) is 1.67. The lowest BCUT2D eigenvalue weighted by Crippen LogP contribution is -2.51. The molecule has 100 valence electrons. The fraction of sp³-hybridized carbons (Fsp3) is 0. The van der Waals surface area contributed by atoms with Crippen LogP contribution in [0.25, 0.3) is 0 Å². The molecule has 21 heavy (non-hydrogen) atoms. The van der Waals surface area contributed by atoms with Gasteiger partial charge in [-0.3, -0.25) is 0 Å². The minimum Gasteiger partial charge on any atom is -0.459 e. The molecule has 0 aromatic heterocycles. The molecule has 0 aliphatic carbocycles. The zero-order valence-electron chi connectivity index (χ0n) is 11.5. The van der Waals surface area contributed by atoms with Crippen LogP contribution in [0.15, 0.2) is 84.8 Å². The molecule has 0 radical (unpaired) electrons. The minimum atomic E-state index is 0.0837. The Kier molecular flexibility index (Phi) is 2.55. The number of hydrogen-bond acceptors (Lipinski definition) is 2. The fourth-order valence-electron chi connectivity index (χ4n) is 3.06. The average Bonchev–Trinajstić information content (AvgIpc) is 2.53. The highest BCUT2D eigenvalue weighted by atomic mass is 16.5. The van der Waals surface area contributed by atoms with Gasteiger partial charge in [0.25, 0.3) is 6.71 Å². The highest BCUT2D eigenvalue weighted by molar-refractivity contribution is 6.93. The Morgan fingerprint density at radius 1 is 0.857 bits per heavy atom. The summed E-state index contributed by atoms with van der Waals surface area (Å²) in [4.78, 5) is 0. The minimum absolute atomic E-state index is 0.0837. The van der Waals surface area contributed by atoms with E-state index in [1.165, 1.54) is 0 Å². The van der Waals surface area contributed by atoms with Crippen molar-refractivity contribution >= 4 is 17.6 Å². The van der Waals surface area contributed by atoms with Crippen molar-refractivity contribution < 1.29 is 9.47 Å². The first-order valence-electron chi connectivity index (χ1n) is 6.89. The standard InChI is InChI=1S/C18H13BO2/c1-3-15-18-12(2)20-16-10-6-4-8-13(16)19(18)14-9-5-7-11-17(14)21-15/h3-11H,1-2H2. The second-order valence-electron chi connectivity index (χ2n) is 5.12. The molecule has 0 amide bonds. The number of benzene rings is 2. The van der Waals surface area contributed by atoms with Gasteiger partial charge in [0.1, 0.15) is 23.0 Å². The van der Waals surface area contributed by atoms with Gasteiger partial charge >= 0.3 is 0 Å². The van der Waals surface area contributed by atoms with Crippen LogP contribution in [-0.4, -0.2) is 6.71 Å². The summed E-state index contributed by atoms with van der Waals surface area (Å²) in [5.41, 5.74) is 3.23. The molecule has 2 nitrogen and oxygen atoms in total. The Bertz CT molecular complexity index is 804. The predicted molar refractivity (Wildman–Crippen MR) is 85.5 cm³/mol. The number of ether oxygens (including phenoxy) is 2. The van der Waals surface area contributed by atoms with Crippen molar-refractivity contribution in [1.29, 1.82) is 0 Å². The fourth-order valence-corrected chi connectivity index (χ4v) is 3.06. The second-order valence-corrected chi connectivity index (χ2v) is 5.12. The van der Waals surface area contributed by atoms with Gasteiger partial charge in [-0.1, -0.05) is 49.6 Å². The van der Waals surface area contributed by atoms with E-state index in [9.17, 15) is 0 Å². The summed E-state index contributed by atoms with van der Waals surface area (Å²) in [7, 11) is 0. The molecule has 3 heteroatoms. The quantitative estimate of drug-likeness (QED) is 0.743. The molecular formula is C18H13BO2. The summed E-state index contributed by atoms with van der Waals surface area (Å²) < 4.78 is 11.8. The molecule has 2 heterocycles. The summed E-state index contributed by atoms with van der Waals surface area (Å²) in [6, 6.07) is 16.1. The van der Waals surface area contributed by atoms with Crippen molar-refractivity contribution in [3.63, 3.8) is 0 Å². The topological polar surface area (TPSA) is 18.5 Å². The van der Waals surface area contributed by atoms with Crippen molar-refractivity contribution in [2.24, 2.45) is 0 Å². The van der Waals surface area contributed by atoms with E-state index in [1.807, 2.05) is 36.4 Å². The van der Waals surface area contributed by atoms with E-state index < -0.39 is 0 Å². The molecular weight excluding hydrogens is 259 g/mol. The van der Waals surface area contributed by atoms with Crippen LogP contribution in [0.4, 0.5) is 0 Å². The molecule has 0 N–H and O–H groups in total. The average molecular weight is 272 g/mol. The Labute approximate surface area is 124 Å². The van der Waals surface area contributed by atoms with Crippen LogP contribution in [0, 0.1) is 0 Å². The van der Waals surface area contributed by atoms with Gasteiger partial charge < -0.3 is 9.47 Å². The lowest BCUT2D eigenvalue weighted by Gasteiger charge is -2.33. The highest BCUT2D eigenvalue weighted by Crippen LogP contribution is 2.33. The molecule has 0 spiro atoms. The Balaban J connectivity index is 2.05. The van der Waals surface area contributed by atoms with Gasteiger partial charge in [-0.25, -0.2) is 0 Å². The number of rotatable bonds is 1. The van der Waals surface area contributed by atoms with E-state index in [0.29, 0.717) is 5.76 Å². The monoisotopic (exact) mass is 272 g/mol. The van der Waals surface area contributed by atoms with E-state index >= 15 is 0 Å². The third-order valence-electron chi connectivity index (χ3n) is 3.95. The SMILES string of the molecule is C=CC1=C2B(c3ccccc3OC2=C)c2ccccc2O1. The number of fused-ring (bicyclic) bond motifs is 5. The summed E-state index contributed by atoms with van der Waals surface area (Å²) in [5.74, 6) is 3.07. The zero-order chi connectivity index (χ0) is 14.4. The van der Waals surface area contributed by atoms with E-state index in [4.69, 9.17) is 9.47 Å². The van der Waals surface area contributed by atoms with E-state index in [-0.39, 0.29) is 6.71 Å². The van der Waals surface area contributed by atoms with Crippen LogP contribution < -0.4 is 20.4 Å². The Morgan fingerprint density at radius 2 is 1.43 bits per heavy atom. The van der Waals surface area contributed by atoms with E-state index in [0.717, 1.165) is 33.7 Å². The normalized spacial score (nSPS) is 15.4. The molecule has 2 aliphatic heterocycles. The predicted octanol–water partition coefficient (Wildman–Crippen LogP) is 2.57. The zero-order valence-corrected chi connectivity index (χ0v) is 11.5. The Hall–Kier alpha value is -2.68. The maximum absolute atomic E-state index is 5.96. The second kappa shape index (κ2) is 4.42. The summed E-state index contributed by atoms with van der Waals surface area (Å²) >= 11 is 0. The van der Waals surface area contributed by atoms with Crippen molar-refractivity contribution in [3.8, 4) is 11.5 Å². The maximum atomic E-state index is 5.96. The van der Waals surface area contributed by atoms with Gasteiger partial charge in [-0.15, -0.1) is 0 Å². The molecule has 0 atom stereocenters. The summed E-state index contributed by atoms with van der Waals surface area (Å²) in [5, 5.41) is 0. The first kappa shape index (κ1) is 12.1. The van der Waals surface area contributed by atoms with Crippen LogP contribution in [0.3, 0.4) is 0 Å². The molecule has 0 saturated carbocycles. The van der Waals surface area contributed by atoms with Crippen molar-refractivity contribution in [2.75, 3.05) is 0 Å². The molecule has 2 aliphatic rings. The van der Waals surface area contributed by atoms with E-state index in [1.54, 1.807) is 6.08 Å². The van der Waals surface area contributed by atoms with Gasteiger partial charge in [0.15, 0.2) is 0 Å². The highest BCUT2D eigenvalue weighted by Gasteiger charge is 2.40. The third-order valence-corrected chi connectivity index (χ3v) is 3.95. The van der Waals surface area contributed by atoms with Gasteiger partial charge in [0.2, 0.25) is 0 Å². The van der Waals surface area contributed by atoms with Crippen molar-refractivity contribution in [2.45, 2.75) is 0 Å². The van der Waals surface area contributed by atoms with Crippen molar-refractivity contribution in [1.82, 2.24) is 0 Å². The van der Waals surface area contributed by atoms with Crippen molar-refractivity contribution in [3.05, 3.63) is 84.8 Å². The number of para-hydroxylation sites is 2. The van der Waals surface area contributed by atoms with Crippen LogP contribution in [0.1, 0.15) is 0 Å². The molecule has 0 unspecified atom stereocenters. The van der Waals surface area contributed by atoms with Crippen LogP contribution in [-0.2, 0) is 0 Å². The molecule has 4 rings (SSSR count). The van der Waals surface area contributed by atoms with Crippen LogP contribution in [0.2, 0.25) is 0 Å². The number of hydrogen-bond donors (Lipinski definition) is 0. The van der Waals surface area contributed by atoms with E-state index in [2.05, 4.69) is 25.3 Å². The van der Waals surface area contributed by atoms with Gasteiger partial charge in [0, 0.05) is 5.47 Å².